The highest BCUT2D eigenvalue weighted by atomic mass is 32.2. The highest BCUT2D eigenvalue weighted by Crippen LogP contribution is 2.18. The van der Waals surface area contributed by atoms with E-state index in [0.29, 0.717) is 11.8 Å². The van der Waals surface area contributed by atoms with Gasteiger partial charge >= 0.3 is 6.03 Å². The Kier molecular flexibility index (Phi) is 5.12. The first-order valence-corrected chi connectivity index (χ1v) is 7.09. The van der Waals surface area contributed by atoms with Crippen LogP contribution in [0.2, 0.25) is 0 Å². The van der Waals surface area contributed by atoms with E-state index in [0.717, 1.165) is 25.1 Å². The van der Waals surface area contributed by atoms with Crippen LogP contribution in [0.3, 0.4) is 0 Å². The third kappa shape index (κ3) is 3.40. The van der Waals surface area contributed by atoms with Crippen molar-refractivity contribution in [1.29, 1.82) is 0 Å². The maximum Gasteiger partial charge on any atom is 0.345 e. The number of nitrogens with zero attached hydrogens (tertiary/aromatic N) is 2. The molecule has 92 valence electrons. The van der Waals surface area contributed by atoms with Crippen LogP contribution >= 0.6 is 11.8 Å². The number of hydrogen-bond acceptors (Lipinski definition) is 3. The first kappa shape index (κ1) is 13.4. The van der Waals surface area contributed by atoms with Gasteiger partial charge in [-0.3, -0.25) is 0 Å². The highest BCUT2D eigenvalue weighted by molar-refractivity contribution is 7.98. The molecule has 0 bridgehead atoms. The number of hydrogen-bond donors (Lipinski definition) is 1. The molecular weight excluding hydrogens is 222 g/mol. The molecule has 0 aliphatic carbocycles. The predicted molar refractivity (Wildman–Crippen MR) is 70.0 cm³/mol. The molecule has 0 aromatic rings. The minimum atomic E-state index is -0.166. The molecule has 5 heteroatoms. The molecule has 0 aromatic carbocycles. The number of carbonyl (C=O) groups is 1. The SMILES string of the molecule is CSCCCC1C(N)=NC(=O)N1CC(C)C. The van der Waals surface area contributed by atoms with Gasteiger partial charge in [0.05, 0.1) is 6.04 Å². The van der Waals surface area contributed by atoms with Gasteiger partial charge in [-0.25, -0.2) is 4.79 Å². The second-order valence-electron chi connectivity index (χ2n) is 4.52. The van der Waals surface area contributed by atoms with Crippen molar-refractivity contribution < 1.29 is 4.79 Å². The van der Waals surface area contributed by atoms with Gasteiger partial charge in [-0.1, -0.05) is 13.8 Å². The Morgan fingerprint density at radius 2 is 2.25 bits per heavy atom. The predicted octanol–water partition coefficient (Wildman–Crippen LogP) is 1.95. The summed E-state index contributed by atoms with van der Waals surface area (Å²) in [6.45, 7) is 4.94. The van der Waals surface area contributed by atoms with Gasteiger partial charge in [-0.2, -0.15) is 16.8 Å². The van der Waals surface area contributed by atoms with Gasteiger partial charge in [0, 0.05) is 6.54 Å². The highest BCUT2D eigenvalue weighted by Gasteiger charge is 2.32. The fourth-order valence-electron chi connectivity index (χ4n) is 1.87. The Bertz CT molecular complexity index is 278. The van der Waals surface area contributed by atoms with Gasteiger partial charge in [0.1, 0.15) is 5.84 Å². The number of thioether (sulfide) groups is 1. The van der Waals surface area contributed by atoms with Crippen LogP contribution in [0, 0.1) is 5.92 Å². The fourth-order valence-corrected chi connectivity index (χ4v) is 2.32. The molecule has 2 N–H and O–H groups in total. The van der Waals surface area contributed by atoms with E-state index in [-0.39, 0.29) is 12.1 Å². The molecule has 1 rings (SSSR count). The van der Waals surface area contributed by atoms with E-state index >= 15 is 0 Å². The Balaban J connectivity index is 2.55. The molecule has 1 unspecified atom stereocenters. The maximum absolute atomic E-state index is 11.6. The van der Waals surface area contributed by atoms with E-state index in [1.807, 2.05) is 11.8 Å². The van der Waals surface area contributed by atoms with Crippen molar-refractivity contribution in [3.63, 3.8) is 0 Å². The molecular formula is C11H21N3OS. The van der Waals surface area contributed by atoms with Crippen molar-refractivity contribution in [3.8, 4) is 0 Å². The van der Waals surface area contributed by atoms with Crippen molar-refractivity contribution in [1.82, 2.24) is 4.90 Å². The first-order chi connectivity index (χ1) is 7.56. The first-order valence-electron chi connectivity index (χ1n) is 5.69. The second kappa shape index (κ2) is 6.13. The number of rotatable bonds is 6. The van der Waals surface area contributed by atoms with Crippen LogP contribution in [0.5, 0.6) is 0 Å². The third-order valence-corrected chi connectivity index (χ3v) is 3.27. The number of amides is 2. The van der Waals surface area contributed by atoms with Gasteiger partial charge in [-0.05, 0) is 30.8 Å². The zero-order valence-electron chi connectivity index (χ0n) is 10.3. The molecule has 4 nitrogen and oxygen atoms in total. The Morgan fingerprint density at radius 1 is 1.56 bits per heavy atom. The van der Waals surface area contributed by atoms with Crippen molar-refractivity contribution in [2.24, 2.45) is 16.6 Å². The summed E-state index contributed by atoms with van der Waals surface area (Å²) in [7, 11) is 0. The van der Waals surface area contributed by atoms with E-state index in [2.05, 4.69) is 25.1 Å². The summed E-state index contributed by atoms with van der Waals surface area (Å²) < 4.78 is 0. The summed E-state index contributed by atoms with van der Waals surface area (Å²) in [5, 5.41) is 0. The van der Waals surface area contributed by atoms with Crippen LogP contribution in [0.1, 0.15) is 26.7 Å². The summed E-state index contributed by atoms with van der Waals surface area (Å²) in [6, 6.07) is -0.137. The Morgan fingerprint density at radius 3 is 2.81 bits per heavy atom. The molecule has 1 aliphatic rings. The lowest BCUT2D eigenvalue weighted by atomic mass is 10.1. The molecule has 0 saturated carbocycles. The van der Waals surface area contributed by atoms with Crippen molar-refractivity contribution in [2.45, 2.75) is 32.7 Å². The molecule has 16 heavy (non-hydrogen) atoms. The molecule has 0 radical (unpaired) electrons. The summed E-state index contributed by atoms with van der Waals surface area (Å²) in [6.07, 6.45) is 4.09. The molecule has 2 amide bonds. The van der Waals surface area contributed by atoms with Crippen LogP contribution in [-0.4, -0.2) is 41.4 Å². The number of nitrogens with two attached hydrogens (primary N) is 1. The number of carbonyl (C=O) groups excluding carboxylic acids is 1. The van der Waals surface area contributed by atoms with Crippen molar-refractivity contribution >= 4 is 23.6 Å². The van der Waals surface area contributed by atoms with E-state index in [1.165, 1.54) is 0 Å². The molecule has 0 saturated heterocycles. The number of aliphatic imine (C=N–C) groups is 1. The summed E-state index contributed by atoms with van der Waals surface area (Å²) in [5.41, 5.74) is 5.80. The van der Waals surface area contributed by atoms with Gasteiger partial charge < -0.3 is 10.6 Å². The standard InChI is InChI=1S/C11H21N3OS/c1-8(2)7-14-9(5-4-6-16-3)10(12)13-11(14)15/h8-9H,4-7H2,1-3H3,(H2,12,13,15). The monoisotopic (exact) mass is 243 g/mol. The minimum Gasteiger partial charge on any atom is -0.385 e. The van der Waals surface area contributed by atoms with Gasteiger partial charge in [0.25, 0.3) is 0 Å². The Labute approximate surface area is 102 Å². The molecule has 1 atom stereocenters. The third-order valence-electron chi connectivity index (χ3n) is 2.58. The zero-order chi connectivity index (χ0) is 12.1. The van der Waals surface area contributed by atoms with E-state index in [9.17, 15) is 4.79 Å². The van der Waals surface area contributed by atoms with Crippen molar-refractivity contribution in [3.05, 3.63) is 0 Å². The smallest absolute Gasteiger partial charge is 0.345 e. The fraction of sp³-hybridized carbons (Fsp3) is 0.818. The molecule has 1 aliphatic heterocycles. The summed E-state index contributed by atoms with van der Waals surface area (Å²) in [4.78, 5) is 17.3. The second-order valence-corrected chi connectivity index (χ2v) is 5.50. The molecule has 1 heterocycles. The summed E-state index contributed by atoms with van der Waals surface area (Å²) in [5.74, 6) is 2.05. The van der Waals surface area contributed by atoms with Gasteiger partial charge in [0.2, 0.25) is 0 Å². The average molecular weight is 243 g/mol. The van der Waals surface area contributed by atoms with E-state index in [4.69, 9.17) is 5.73 Å². The average Bonchev–Trinajstić information content (AvgIpc) is 2.44. The summed E-state index contributed by atoms with van der Waals surface area (Å²) >= 11 is 1.82. The molecule has 0 spiro atoms. The van der Waals surface area contributed by atoms with Gasteiger partial charge in [0.15, 0.2) is 0 Å². The quantitative estimate of drug-likeness (QED) is 0.725. The van der Waals surface area contributed by atoms with E-state index < -0.39 is 0 Å². The van der Waals surface area contributed by atoms with Crippen LogP contribution in [0.25, 0.3) is 0 Å². The lowest BCUT2D eigenvalue weighted by Crippen LogP contribution is -2.42. The van der Waals surface area contributed by atoms with Gasteiger partial charge in [-0.15, -0.1) is 0 Å². The maximum atomic E-state index is 11.6. The van der Waals surface area contributed by atoms with Crippen LogP contribution in [0.15, 0.2) is 4.99 Å². The number of amidine groups is 1. The normalized spacial score (nSPS) is 20.8. The Hall–Kier alpha value is -0.710. The minimum absolute atomic E-state index is 0.0297. The molecule has 0 fully saturated rings. The van der Waals surface area contributed by atoms with E-state index in [1.54, 1.807) is 4.90 Å². The zero-order valence-corrected chi connectivity index (χ0v) is 11.1. The largest absolute Gasteiger partial charge is 0.385 e. The van der Waals surface area contributed by atoms with Crippen LogP contribution in [-0.2, 0) is 0 Å². The number of urea groups is 1. The topological polar surface area (TPSA) is 58.7 Å². The van der Waals surface area contributed by atoms with Crippen LogP contribution in [0.4, 0.5) is 4.79 Å². The lowest BCUT2D eigenvalue weighted by molar-refractivity contribution is 0.196. The van der Waals surface area contributed by atoms with Crippen molar-refractivity contribution in [2.75, 3.05) is 18.6 Å². The lowest BCUT2D eigenvalue weighted by Gasteiger charge is -2.25. The van der Waals surface area contributed by atoms with Crippen LogP contribution < -0.4 is 5.73 Å². The molecule has 0 aromatic heterocycles.